The maximum Gasteiger partial charge on any atom is 0.350 e. The van der Waals surface area contributed by atoms with Gasteiger partial charge in [0, 0.05) is 11.8 Å². The molecule has 5 aliphatic heterocycles. The van der Waals surface area contributed by atoms with Crippen molar-refractivity contribution in [3.05, 3.63) is 0 Å². The Hall–Kier alpha value is -5.30. The highest BCUT2D eigenvalue weighted by molar-refractivity contribution is 5.87. The maximum absolute atomic E-state index is 12.5. The van der Waals surface area contributed by atoms with Gasteiger partial charge in [0.1, 0.15) is 30.5 Å². The van der Waals surface area contributed by atoms with E-state index in [2.05, 4.69) is 0 Å². The van der Waals surface area contributed by atoms with Crippen molar-refractivity contribution in [1.29, 1.82) is 0 Å². The number of ether oxygens (including phenoxy) is 10. The molecule has 0 spiro atoms. The Morgan fingerprint density at radius 1 is 0.560 bits per heavy atom. The van der Waals surface area contributed by atoms with E-state index in [0.717, 1.165) is 38.5 Å². The molecule has 20 nitrogen and oxygen atoms in total. The van der Waals surface area contributed by atoms with E-state index in [1.54, 1.807) is 34.6 Å². The van der Waals surface area contributed by atoms with Crippen LogP contribution in [0.3, 0.4) is 0 Å². The zero-order valence-electron chi connectivity index (χ0n) is 55.1. The molecule has 8 atom stereocenters. The van der Waals surface area contributed by atoms with Crippen LogP contribution in [-0.2, 0) is 95.3 Å². The van der Waals surface area contributed by atoms with Crippen molar-refractivity contribution >= 4 is 59.7 Å². The summed E-state index contributed by atoms with van der Waals surface area (Å²) >= 11 is 0. The fourth-order valence-electron chi connectivity index (χ4n) is 8.91. The molecule has 0 aromatic carbocycles. The molecule has 0 radical (unpaired) electrons. The molecule has 482 valence electrons. The zero-order valence-corrected chi connectivity index (χ0v) is 55.1. The second kappa shape index (κ2) is 29.9. The SMILES string of the molecule is CCC(C)(C)C(=O)OC(C)C1CCOC1=O.CCC(C)(C)C(=O)OC1(C)CC(=O)OC1C.CCC(C)(C)C(=O)OC1(C)CC(C)OC1=O.CCC(C)(C)C(=O)OC1(C2CCOC2=O)CCCCC1.CCC(C)(C)C(=O)OC1C(=O)OCC1(C)C. The first-order valence-corrected chi connectivity index (χ1v) is 30.5. The van der Waals surface area contributed by atoms with Gasteiger partial charge in [0.05, 0.1) is 58.5 Å². The van der Waals surface area contributed by atoms with Crippen LogP contribution < -0.4 is 0 Å². The van der Waals surface area contributed by atoms with Gasteiger partial charge in [-0.3, -0.25) is 38.4 Å². The van der Waals surface area contributed by atoms with Gasteiger partial charge in [0.2, 0.25) is 11.7 Å². The molecule has 1 saturated carbocycles. The summed E-state index contributed by atoms with van der Waals surface area (Å²) in [6.45, 7) is 41.6. The summed E-state index contributed by atoms with van der Waals surface area (Å²) < 4.78 is 52.2. The van der Waals surface area contributed by atoms with E-state index in [-0.39, 0.29) is 78.2 Å². The summed E-state index contributed by atoms with van der Waals surface area (Å²) in [6.07, 6.45) is 8.42. The van der Waals surface area contributed by atoms with Crippen molar-refractivity contribution in [1.82, 2.24) is 0 Å². The molecule has 6 fully saturated rings. The van der Waals surface area contributed by atoms with E-state index in [4.69, 9.17) is 47.4 Å². The molecule has 0 amide bonds. The van der Waals surface area contributed by atoms with Gasteiger partial charge in [-0.25, -0.2) is 9.59 Å². The van der Waals surface area contributed by atoms with Gasteiger partial charge in [0.15, 0.2) is 5.60 Å². The molecule has 1 aliphatic carbocycles. The van der Waals surface area contributed by atoms with Gasteiger partial charge in [-0.2, -0.15) is 0 Å². The molecule has 8 unspecified atom stereocenters. The van der Waals surface area contributed by atoms with Crippen LogP contribution in [0.15, 0.2) is 0 Å². The predicted molar refractivity (Wildman–Crippen MR) is 310 cm³/mol. The fraction of sp³-hybridized carbons (Fsp3) is 0.844. The number of hydrogen-bond acceptors (Lipinski definition) is 20. The van der Waals surface area contributed by atoms with E-state index in [0.29, 0.717) is 64.8 Å². The summed E-state index contributed by atoms with van der Waals surface area (Å²) in [7, 11) is 0. The van der Waals surface area contributed by atoms with E-state index >= 15 is 0 Å². The lowest BCUT2D eigenvalue weighted by Crippen LogP contribution is -2.48. The standard InChI is InChI=1S/C16H26O4.4C12H20O4/c1-4-15(2,3)14(18)20-16(9-6-5-7-10-16)12-8-11-19-13(12)17;1-6-11(2,3)10(14)16-8-9(13)15-7-12(8,4)5;1-6-11(3,4)10(14)16-12(5)7-9(13)15-8(12)2;1-6-11(3,4)9(13)16-12(5)7-8(2)15-10(12)14;1-5-12(3,4)11(14)16-8(2)9-6-7-15-10(9)13/h12H,4-11H2,1-3H3;3*8H,6-7H2,1-5H3;8-9H,5-7H2,1-4H3. The normalized spacial score (nSPS) is 26.6. The zero-order chi connectivity index (χ0) is 64.8. The number of carbonyl (C=O) groups excluding carboxylic acids is 10. The molecular weight excluding hydrogens is 1090 g/mol. The van der Waals surface area contributed by atoms with Gasteiger partial charge < -0.3 is 47.4 Å². The quantitative estimate of drug-likeness (QED) is 0.0967. The lowest BCUT2D eigenvalue weighted by Gasteiger charge is -2.41. The first kappa shape index (κ1) is 74.8. The minimum atomic E-state index is -1.11. The van der Waals surface area contributed by atoms with Crippen LogP contribution in [-0.4, -0.2) is 121 Å². The molecule has 0 aromatic rings. The third-order valence-corrected chi connectivity index (χ3v) is 18.0. The Bertz CT molecular complexity index is 2320. The fourth-order valence-corrected chi connectivity index (χ4v) is 8.91. The van der Waals surface area contributed by atoms with Crippen molar-refractivity contribution in [2.75, 3.05) is 19.8 Å². The first-order chi connectivity index (χ1) is 38.4. The summed E-state index contributed by atoms with van der Waals surface area (Å²) in [5.41, 5.74) is -5.60. The van der Waals surface area contributed by atoms with Crippen molar-refractivity contribution in [2.45, 2.75) is 283 Å². The average molecular weight is 1200 g/mol. The van der Waals surface area contributed by atoms with Crippen LogP contribution in [0.25, 0.3) is 0 Å². The summed E-state index contributed by atoms with van der Waals surface area (Å²) in [6, 6.07) is 0. The van der Waals surface area contributed by atoms with Gasteiger partial charge in [-0.1, -0.05) is 54.9 Å². The van der Waals surface area contributed by atoms with Gasteiger partial charge in [0.25, 0.3) is 0 Å². The van der Waals surface area contributed by atoms with Crippen LogP contribution in [0.5, 0.6) is 0 Å². The van der Waals surface area contributed by atoms with E-state index in [1.807, 2.05) is 118 Å². The van der Waals surface area contributed by atoms with E-state index < -0.39 is 73.4 Å². The summed E-state index contributed by atoms with van der Waals surface area (Å²) in [4.78, 5) is 117. The number of hydrogen-bond donors (Lipinski definition) is 0. The topological polar surface area (TPSA) is 263 Å². The summed E-state index contributed by atoms with van der Waals surface area (Å²) in [5, 5.41) is 0. The maximum atomic E-state index is 12.5. The highest BCUT2D eigenvalue weighted by Gasteiger charge is 2.53. The largest absolute Gasteiger partial charge is 0.465 e. The predicted octanol–water partition coefficient (Wildman–Crippen LogP) is 11.2. The average Bonchev–Trinajstić information content (AvgIpc) is 4.24. The molecule has 5 saturated heterocycles. The number of cyclic esters (lactones) is 5. The third-order valence-electron chi connectivity index (χ3n) is 18.0. The third kappa shape index (κ3) is 19.9. The molecule has 0 aromatic heterocycles. The monoisotopic (exact) mass is 1190 g/mol. The van der Waals surface area contributed by atoms with Crippen molar-refractivity contribution in [3.8, 4) is 0 Å². The van der Waals surface area contributed by atoms with Crippen LogP contribution >= 0.6 is 0 Å². The van der Waals surface area contributed by atoms with Crippen LogP contribution in [0.2, 0.25) is 0 Å². The van der Waals surface area contributed by atoms with Crippen molar-refractivity contribution in [2.24, 2.45) is 44.3 Å². The minimum absolute atomic E-state index is 0.139. The Kier molecular flexibility index (Phi) is 26.6. The second-order valence-corrected chi connectivity index (χ2v) is 27.8. The molecule has 20 heteroatoms. The molecule has 6 rings (SSSR count). The highest BCUT2D eigenvalue weighted by atomic mass is 16.6. The van der Waals surface area contributed by atoms with Gasteiger partial charge in [-0.15, -0.1) is 0 Å². The molecule has 0 N–H and O–H groups in total. The number of carbonyl (C=O) groups is 10. The van der Waals surface area contributed by atoms with Gasteiger partial charge >= 0.3 is 59.7 Å². The number of esters is 10. The second-order valence-electron chi connectivity index (χ2n) is 27.8. The van der Waals surface area contributed by atoms with E-state index in [1.165, 1.54) is 0 Å². The molecular formula is C64H106O20. The Morgan fingerprint density at radius 3 is 1.40 bits per heavy atom. The van der Waals surface area contributed by atoms with E-state index in [9.17, 15) is 47.9 Å². The van der Waals surface area contributed by atoms with Crippen molar-refractivity contribution < 1.29 is 95.3 Å². The summed E-state index contributed by atoms with van der Waals surface area (Å²) in [5.74, 6) is -3.58. The number of rotatable bonds is 17. The van der Waals surface area contributed by atoms with Gasteiger partial charge in [-0.05, 0) is 174 Å². The molecule has 0 bridgehead atoms. The van der Waals surface area contributed by atoms with Crippen molar-refractivity contribution in [3.63, 3.8) is 0 Å². The minimum Gasteiger partial charge on any atom is -0.465 e. The van der Waals surface area contributed by atoms with Crippen LogP contribution in [0.4, 0.5) is 0 Å². The van der Waals surface area contributed by atoms with Crippen LogP contribution in [0, 0.1) is 44.3 Å². The smallest absolute Gasteiger partial charge is 0.350 e. The first-order valence-electron chi connectivity index (χ1n) is 30.5. The Balaban J connectivity index is 0.000000360. The Labute approximate surface area is 500 Å². The highest BCUT2D eigenvalue weighted by Crippen LogP contribution is 2.44. The lowest BCUT2D eigenvalue weighted by molar-refractivity contribution is -0.184. The molecule has 6 aliphatic rings. The van der Waals surface area contributed by atoms with Crippen LogP contribution in [0.1, 0.15) is 242 Å². The lowest BCUT2D eigenvalue weighted by atomic mass is 9.74. The molecule has 5 heterocycles. The molecule has 84 heavy (non-hydrogen) atoms. The Morgan fingerprint density at radius 2 is 1.01 bits per heavy atom.